The molecule has 1 N–H and O–H groups in total. The van der Waals surface area contributed by atoms with E-state index in [0.29, 0.717) is 31.0 Å². The molecule has 0 aromatic heterocycles. The number of hydrogen-bond donors (Lipinski definition) is 1. The fourth-order valence-corrected chi connectivity index (χ4v) is 5.35. The van der Waals surface area contributed by atoms with Crippen molar-refractivity contribution in [2.45, 2.75) is 24.7 Å². The van der Waals surface area contributed by atoms with E-state index in [4.69, 9.17) is 11.6 Å². The third-order valence-electron chi connectivity index (χ3n) is 5.54. The molecule has 1 aromatic carbocycles. The van der Waals surface area contributed by atoms with Crippen LogP contribution in [0.2, 0.25) is 5.02 Å². The molecule has 0 radical (unpaired) electrons. The van der Waals surface area contributed by atoms with Crippen LogP contribution in [0.4, 0.5) is 0 Å². The Morgan fingerprint density at radius 1 is 1.12 bits per heavy atom. The molecule has 0 aliphatic carbocycles. The topological polar surface area (TPSA) is 62.1 Å². The molecule has 0 unspecified atom stereocenters. The number of likely N-dealkylation sites (N-methyl/N-ethyl adjacent to an activating group) is 1. The maximum atomic E-state index is 12.7. The van der Waals surface area contributed by atoms with Crippen LogP contribution < -0.4 is 4.90 Å². The number of hydrogen-bond acceptors (Lipinski definition) is 3. The smallest absolute Gasteiger partial charge is 0.243 e. The van der Waals surface area contributed by atoms with Crippen molar-refractivity contribution in [1.82, 2.24) is 9.21 Å². The third kappa shape index (κ3) is 4.22. The fourth-order valence-electron chi connectivity index (χ4n) is 3.75. The average molecular weight is 401 g/mol. The van der Waals surface area contributed by atoms with Gasteiger partial charge in [0.15, 0.2) is 0 Å². The number of sulfonamides is 1. The van der Waals surface area contributed by atoms with E-state index in [9.17, 15) is 13.2 Å². The zero-order valence-electron chi connectivity index (χ0n) is 15.2. The first-order valence-corrected chi connectivity index (χ1v) is 11.1. The highest BCUT2D eigenvalue weighted by Crippen LogP contribution is 2.25. The molecular weight excluding hydrogens is 374 g/mol. The normalized spacial score (nSPS) is 21.1. The minimum absolute atomic E-state index is 0.0603. The number of rotatable bonds is 4. The molecule has 2 heterocycles. The lowest BCUT2D eigenvalue weighted by atomic mass is 9.96. The van der Waals surface area contributed by atoms with Gasteiger partial charge < -0.3 is 9.80 Å². The molecule has 144 valence electrons. The van der Waals surface area contributed by atoms with E-state index in [2.05, 4.69) is 6.92 Å². The second-order valence-electron chi connectivity index (χ2n) is 7.06. The summed E-state index contributed by atoms with van der Waals surface area (Å²) in [6, 6.07) is 6.24. The van der Waals surface area contributed by atoms with Crippen LogP contribution in [0.1, 0.15) is 19.8 Å². The lowest BCUT2D eigenvalue weighted by Crippen LogP contribution is -3.14. The zero-order valence-corrected chi connectivity index (χ0v) is 16.7. The zero-order chi connectivity index (χ0) is 18.7. The van der Waals surface area contributed by atoms with E-state index in [1.165, 1.54) is 21.3 Å². The van der Waals surface area contributed by atoms with Crippen molar-refractivity contribution in [3.8, 4) is 0 Å². The molecule has 6 nitrogen and oxygen atoms in total. The number of nitrogens with one attached hydrogen (secondary N) is 1. The molecule has 2 fully saturated rings. The maximum absolute atomic E-state index is 12.7. The molecule has 0 atom stereocenters. The van der Waals surface area contributed by atoms with E-state index in [1.807, 2.05) is 4.90 Å². The van der Waals surface area contributed by atoms with Gasteiger partial charge in [-0.15, -0.1) is 0 Å². The molecule has 2 aliphatic heterocycles. The first-order chi connectivity index (χ1) is 12.4. The summed E-state index contributed by atoms with van der Waals surface area (Å²) >= 11 is 5.84. The summed E-state index contributed by atoms with van der Waals surface area (Å²) in [5, 5.41) is 0.512. The Morgan fingerprint density at radius 2 is 1.69 bits per heavy atom. The van der Waals surface area contributed by atoms with Gasteiger partial charge in [0.1, 0.15) is 0 Å². The molecule has 26 heavy (non-hydrogen) atoms. The van der Waals surface area contributed by atoms with Crippen LogP contribution in [-0.2, 0) is 14.8 Å². The van der Waals surface area contributed by atoms with Gasteiger partial charge in [0.2, 0.25) is 15.9 Å². The Kier molecular flexibility index (Phi) is 6.22. The summed E-state index contributed by atoms with van der Waals surface area (Å²) in [5.41, 5.74) is 0. The Morgan fingerprint density at radius 3 is 2.23 bits per heavy atom. The van der Waals surface area contributed by atoms with Crippen molar-refractivity contribution < 1.29 is 18.1 Å². The first kappa shape index (κ1) is 19.6. The van der Waals surface area contributed by atoms with Crippen molar-refractivity contribution >= 4 is 27.5 Å². The average Bonchev–Trinajstić information content (AvgIpc) is 2.68. The number of benzene rings is 1. The highest BCUT2D eigenvalue weighted by Gasteiger charge is 2.35. The van der Waals surface area contributed by atoms with E-state index in [-0.39, 0.29) is 16.7 Å². The Bertz CT molecular complexity index is 723. The summed E-state index contributed by atoms with van der Waals surface area (Å²) in [7, 11) is -3.52. The highest BCUT2D eigenvalue weighted by atomic mass is 35.5. The number of quaternary nitrogens is 1. The highest BCUT2D eigenvalue weighted by molar-refractivity contribution is 7.89. The summed E-state index contributed by atoms with van der Waals surface area (Å²) in [5.74, 6) is 0.138. The SMILES string of the molecule is CC[NH+]1CCN(C(=O)C2CCN(S(=O)(=O)c3ccc(Cl)cc3)CC2)CC1. The minimum Gasteiger partial charge on any atom is -0.332 e. The Labute approximate surface area is 160 Å². The van der Waals surface area contributed by atoms with E-state index >= 15 is 0 Å². The van der Waals surface area contributed by atoms with Gasteiger partial charge in [0, 0.05) is 24.0 Å². The molecular formula is C18H27ClN3O3S+. The summed E-state index contributed by atoms with van der Waals surface area (Å²) in [6.45, 7) is 7.68. The second-order valence-corrected chi connectivity index (χ2v) is 9.44. The van der Waals surface area contributed by atoms with Gasteiger partial charge in [-0.25, -0.2) is 8.42 Å². The molecule has 1 amide bonds. The van der Waals surface area contributed by atoms with E-state index in [1.54, 1.807) is 12.1 Å². The molecule has 0 bridgehead atoms. The van der Waals surface area contributed by atoms with Gasteiger partial charge in [-0.1, -0.05) is 11.6 Å². The lowest BCUT2D eigenvalue weighted by molar-refractivity contribution is -0.902. The predicted octanol–water partition coefficient (Wildman–Crippen LogP) is 0.488. The molecule has 2 saturated heterocycles. The van der Waals surface area contributed by atoms with Crippen molar-refractivity contribution in [2.24, 2.45) is 5.92 Å². The molecule has 0 saturated carbocycles. The standard InChI is InChI=1S/C18H26ClN3O3S/c1-2-20-11-13-21(14-12-20)18(23)15-7-9-22(10-8-15)26(24,25)17-5-3-16(19)4-6-17/h3-6,15H,2,7-14H2,1H3/p+1. The van der Waals surface area contributed by atoms with Gasteiger partial charge in [-0.05, 0) is 44.0 Å². The summed E-state index contributed by atoms with van der Waals surface area (Å²) in [4.78, 5) is 16.5. The molecule has 2 aliphatic rings. The van der Waals surface area contributed by atoms with Crippen LogP contribution >= 0.6 is 11.6 Å². The first-order valence-electron chi connectivity index (χ1n) is 9.30. The quantitative estimate of drug-likeness (QED) is 0.800. The number of carbonyl (C=O) groups excluding carboxylic acids is 1. The van der Waals surface area contributed by atoms with Crippen LogP contribution in [0.15, 0.2) is 29.2 Å². The molecule has 1 aromatic rings. The number of halogens is 1. The monoisotopic (exact) mass is 400 g/mol. The van der Waals surface area contributed by atoms with Crippen molar-refractivity contribution in [3.63, 3.8) is 0 Å². The Hall–Kier alpha value is -1.15. The van der Waals surface area contributed by atoms with Crippen molar-refractivity contribution in [3.05, 3.63) is 29.3 Å². The van der Waals surface area contributed by atoms with Gasteiger partial charge in [-0.3, -0.25) is 4.79 Å². The van der Waals surface area contributed by atoms with Gasteiger partial charge in [0.05, 0.1) is 37.6 Å². The number of amides is 1. The lowest BCUT2D eigenvalue weighted by Gasteiger charge is -2.36. The van der Waals surface area contributed by atoms with Crippen LogP contribution in [0.3, 0.4) is 0 Å². The van der Waals surface area contributed by atoms with Crippen molar-refractivity contribution in [1.29, 1.82) is 0 Å². The number of nitrogens with zero attached hydrogens (tertiary/aromatic N) is 2. The number of piperidine rings is 1. The van der Waals surface area contributed by atoms with Gasteiger partial charge in [-0.2, -0.15) is 4.31 Å². The van der Waals surface area contributed by atoms with E-state index in [0.717, 1.165) is 32.7 Å². The van der Waals surface area contributed by atoms with Gasteiger partial charge >= 0.3 is 0 Å². The molecule has 8 heteroatoms. The predicted molar refractivity (Wildman–Crippen MR) is 101 cm³/mol. The van der Waals surface area contributed by atoms with Crippen LogP contribution in [0.25, 0.3) is 0 Å². The largest absolute Gasteiger partial charge is 0.332 e. The fraction of sp³-hybridized carbons (Fsp3) is 0.611. The minimum atomic E-state index is -3.52. The second kappa shape index (κ2) is 8.25. The van der Waals surface area contributed by atoms with Crippen LogP contribution in [0, 0.1) is 5.92 Å². The summed E-state index contributed by atoms with van der Waals surface area (Å²) in [6.07, 6.45) is 1.18. The Balaban J connectivity index is 1.57. The third-order valence-corrected chi connectivity index (χ3v) is 7.70. The van der Waals surface area contributed by atoms with Crippen molar-refractivity contribution in [2.75, 3.05) is 45.8 Å². The molecule has 0 spiro atoms. The summed E-state index contributed by atoms with van der Waals surface area (Å²) < 4.78 is 26.9. The van der Waals surface area contributed by atoms with Gasteiger partial charge in [0.25, 0.3) is 0 Å². The molecule has 3 rings (SSSR count). The van der Waals surface area contributed by atoms with Crippen LogP contribution in [0.5, 0.6) is 0 Å². The maximum Gasteiger partial charge on any atom is 0.243 e. The van der Waals surface area contributed by atoms with E-state index < -0.39 is 10.0 Å². The van der Waals surface area contributed by atoms with Crippen LogP contribution in [-0.4, -0.2) is 69.3 Å². The number of carbonyl (C=O) groups is 1. The number of piperazine rings is 1.